The second-order valence-electron chi connectivity index (χ2n) is 7.06. The number of carbonyl (C=O) groups is 2. The molecule has 9 heteroatoms. The number of carbonyl (C=O) groups excluding carboxylic acids is 2. The van der Waals surface area contributed by atoms with Gasteiger partial charge in [0.2, 0.25) is 5.91 Å². The standard InChI is InChI=1S/C22H26FNO6S/c1-4-29-22(26)13-12-21(25)24(16(2)3)15-17-6-5-7-19(14-17)30-31(27,28)20-10-8-18(23)9-11-20/h5-11,14,16H,4,12-13,15H2,1-3H3. The van der Waals surface area contributed by atoms with E-state index in [2.05, 4.69) is 0 Å². The number of esters is 1. The highest BCUT2D eigenvalue weighted by molar-refractivity contribution is 7.87. The lowest BCUT2D eigenvalue weighted by molar-refractivity contribution is -0.146. The number of hydrogen-bond acceptors (Lipinski definition) is 6. The molecule has 0 spiro atoms. The molecule has 0 saturated carbocycles. The molecule has 0 aromatic heterocycles. The number of ether oxygens (including phenoxy) is 1. The molecule has 0 bridgehead atoms. The van der Waals surface area contributed by atoms with E-state index in [1.54, 1.807) is 24.0 Å². The molecular formula is C22H26FNO6S. The third kappa shape index (κ3) is 7.36. The van der Waals surface area contributed by atoms with Crippen molar-refractivity contribution in [1.82, 2.24) is 4.90 Å². The van der Waals surface area contributed by atoms with Gasteiger partial charge in [-0.3, -0.25) is 9.59 Å². The van der Waals surface area contributed by atoms with Crippen LogP contribution in [0, 0.1) is 5.82 Å². The van der Waals surface area contributed by atoms with Gasteiger partial charge in [0.25, 0.3) is 0 Å². The van der Waals surface area contributed by atoms with Gasteiger partial charge in [-0.2, -0.15) is 8.42 Å². The van der Waals surface area contributed by atoms with Crippen LogP contribution in [0.25, 0.3) is 0 Å². The minimum Gasteiger partial charge on any atom is -0.466 e. The first-order chi connectivity index (χ1) is 14.6. The van der Waals surface area contributed by atoms with E-state index in [-0.39, 0.29) is 48.6 Å². The molecule has 0 N–H and O–H groups in total. The first-order valence-electron chi connectivity index (χ1n) is 9.86. The molecule has 0 aliphatic carbocycles. The van der Waals surface area contributed by atoms with Crippen LogP contribution in [0.5, 0.6) is 5.75 Å². The van der Waals surface area contributed by atoms with Gasteiger partial charge in [0, 0.05) is 19.0 Å². The zero-order chi connectivity index (χ0) is 23.0. The van der Waals surface area contributed by atoms with Gasteiger partial charge in [-0.25, -0.2) is 4.39 Å². The number of nitrogens with zero attached hydrogens (tertiary/aromatic N) is 1. The van der Waals surface area contributed by atoms with Crippen molar-refractivity contribution in [2.75, 3.05) is 6.61 Å². The Bertz CT molecular complexity index is 1000. The average molecular weight is 452 g/mol. The van der Waals surface area contributed by atoms with E-state index in [0.29, 0.717) is 5.56 Å². The van der Waals surface area contributed by atoms with E-state index in [4.69, 9.17) is 8.92 Å². The third-order valence-electron chi connectivity index (χ3n) is 4.35. The van der Waals surface area contributed by atoms with Gasteiger partial charge < -0.3 is 13.8 Å². The fourth-order valence-electron chi connectivity index (χ4n) is 2.81. The second-order valence-corrected chi connectivity index (χ2v) is 8.61. The summed E-state index contributed by atoms with van der Waals surface area (Å²) in [6.07, 6.45) is 0.0150. The van der Waals surface area contributed by atoms with Crippen LogP contribution >= 0.6 is 0 Å². The molecule has 0 radical (unpaired) electrons. The van der Waals surface area contributed by atoms with Crippen LogP contribution < -0.4 is 4.18 Å². The van der Waals surface area contributed by atoms with Crippen LogP contribution in [0.4, 0.5) is 4.39 Å². The lowest BCUT2D eigenvalue weighted by Crippen LogP contribution is -2.36. The van der Waals surface area contributed by atoms with Crippen molar-refractivity contribution in [3.8, 4) is 5.75 Å². The largest absolute Gasteiger partial charge is 0.466 e. The van der Waals surface area contributed by atoms with E-state index in [1.807, 2.05) is 13.8 Å². The molecule has 1 amide bonds. The molecule has 0 aliphatic heterocycles. The van der Waals surface area contributed by atoms with Gasteiger partial charge in [-0.1, -0.05) is 12.1 Å². The molecule has 2 aromatic carbocycles. The molecule has 0 unspecified atom stereocenters. The predicted molar refractivity (Wildman–Crippen MR) is 112 cm³/mol. The Morgan fingerprint density at radius 2 is 1.74 bits per heavy atom. The number of amides is 1. The minimum atomic E-state index is -4.13. The molecule has 0 saturated heterocycles. The van der Waals surface area contributed by atoms with E-state index in [9.17, 15) is 22.4 Å². The Hall–Kier alpha value is -2.94. The fourth-order valence-corrected chi connectivity index (χ4v) is 3.74. The maximum absolute atomic E-state index is 13.1. The average Bonchev–Trinajstić information content (AvgIpc) is 2.70. The van der Waals surface area contributed by atoms with Gasteiger partial charge in [0.1, 0.15) is 16.5 Å². The summed E-state index contributed by atoms with van der Waals surface area (Å²) in [6.45, 7) is 5.87. The van der Waals surface area contributed by atoms with Crippen molar-refractivity contribution in [2.45, 2.75) is 51.1 Å². The first kappa shape index (κ1) is 24.3. The van der Waals surface area contributed by atoms with Crippen LogP contribution in [0.2, 0.25) is 0 Å². The molecule has 0 fully saturated rings. The normalized spacial score (nSPS) is 11.3. The van der Waals surface area contributed by atoms with Crippen LogP contribution in [0.3, 0.4) is 0 Å². The van der Waals surface area contributed by atoms with Crippen molar-refractivity contribution < 1.29 is 31.3 Å². The summed E-state index contributed by atoms with van der Waals surface area (Å²) in [5, 5.41) is 0. The number of halogens is 1. The topological polar surface area (TPSA) is 90.0 Å². The number of rotatable bonds is 10. The van der Waals surface area contributed by atoms with Gasteiger partial charge in [-0.15, -0.1) is 0 Å². The smallest absolute Gasteiger partial charge is 0.339 e. The van der Waals surface area contributed by atoms with Crippen LogP contribution in [-0.4, -0.2) is 37.8 Å². The maximum atomic E-state index is 13.1. The molecule has 31 heavy (non-hydrogen) atoms. The van der Waals surface area contributed by atoms with Gasteiger partial charge in [0.15, 0.2) is 0 Å². The van der Waals surface area contributed by atoms with E-state index in [0.717, 1.165) is 24.3 Å². The summed E-state index contributed by atoms with van der Waals surface area (Å²) in [5.41, 5.74) is 0.657. The lowest BCUT2D eigenvalue weighted by atomic mass is 10.1. The summed E-state index contributed by atoms with van der Waals surface area (Å²) < 4.78 is 47.9. The SMILES string of the molecule is CCOC(=O)CCC(=O)N(Cc1cccc(OS(=O)(=O)c2ccc(F)cc2)c1)C(C)C. The van der Waals surface area contributed by atoms with E-state index in [1.165, 1.54) is 12.1 Å². The molecule has 2 rings (SSSR count). The zero-order valence-electron chi connectivity index (χ0n) is 17.7. The van der Waals surface area contributed by atoms with E-state index < -0.39 is 21.9 Å². The van der Waals surface area contributed by atoms with Crippen molar-refractivity contribution in [1.29, 1.82) is 0 Å². The summed E-state index contributed by atoms with van der Waals surface area (Å²) in [4.78, 5) is 25.5. The molecule has 7 nitrogen and oxygen atoms in total. The van der Waals surface area contributed by atoms with Crippen molar-refractivity contribution in [3.05, 3.63) is 59.9 Å². The van der Waals surface area contributed by atoms with Crippen molar-refractivity contribution in [3.63, 3.8) is 0 Å². The monoisotopic (exact) mass is 451 g/mol. The molecule has 0 heterocycles. The van der Waals surface area contributed by atoms with Gasteiger partial charge in [0.05, 0.1) is 13.0 Å². The summed E-state index contributed by atoms with van der Waals surface area (Å²) in [7, 11) is -4.13. The Morgan fingerprint density at radius 3 is 2.35 bits per heavy atom. The summed E-state index contributed by atoms with van der Waals surface area (Å²) >= 11 is 0. The third-order valence-corrected chi connectivity index (χ3v) is 5.61. The fraction of sp³-hybridized carbons (Fsp3) is 0.364. The Balaban J connectivity index is 2.11. The molecule has 2 aromatic rings. The van der Waals surface area contributed by atoms with Crippen LogP contribution in [-0.2, 0) is 31.0 Å². The Labute approximate surface area is 181 Å². The van der Waals surface area contributed by atoms with Gasteiger partial charge in [-0.05, 0) is 62.7 Å². The quantitative estimate of drug-likeness (QED) is 0.404. The Morgan fingerprint density at radius 1 is 1.06 bits per heavy atom. The lowest BCUT2D eigenvalue weighted by Gasteiger charge is -2.27. The zero-order valence-corrected chi connectivity index (χ0v) is 18.5. The molecule has 0 atom stereocenters. The number of hydrogen-bond donors (Lipinski definition) is 0. The van der Waals surface area contributed by atoms with Crippen molar-refractivity contribution >= 4 is 22.0 Å². The first-order valence-corrected chi connectivity index (χ1v) is 11.3. The summed E-state index contributed by atoms with van der Waals surface area (Å²) in [5.74, 6) is -1.12. The van der Waals surface area contributed by atoms with Gasteiger partial charge >= 0.3 is 16.1 Å². The highest BCUT2D eigenvalue weighted by atomic mass is 32.2. The minimum absolute atomic E-state index is 0.00500. The highest BCUT2D eigenvalue weighted by Crippen LogP contribution is 2.22. The predicted octanol–water partition coefficient (Wildman–Crippen LogP) is 3.67. The number of benzene rings is 2. The van der Waals surface area contributed by atoms with E-state index >= 15 is 0 Å². The van der Waals surface area contributed by atoms with Crippen LogP contribution in [0.15, 0.2) is 53.4 Å². The molecule has 0 aliphatic rings. The Kier molecular flexibility index (Phi) is 8.56. The summed E-state index contributed by atoms with van der Waals surface area (Å²) in [6, 6.07) is 10.5. The highest BCUT2D eigenvalue weighted by Gasteiger charge is 2.20. The maximum Gasteiger partial charge on any atom is 0.339 e. The van der Waals surface area contributed by atoms with Crippen LogP contribution in [0.1, 0.15) is 39.2 Å². The molecular weight excluding hydrogens is 425 g/mol. The van der Waals surface area contributed by atoms with Crippen molar-refractivity contribution in [2.24, 2.45) is 0 Å². The second kappa shape index (κ2) is 10.9. The molecule has 168 valence electrons.